The molecule has 1 aromatic rings. The molecule has 2 N–H and O–H groups in total. The normalized spacial score (nSPS) is 19.4. The summed E-state index contributed by atoms with van der Waals surface area (Å²) in [5, 5.41) is 18.3. The molecular weight excluding hydrogens is 306 g/mol. The Morgan fingerprint density at radius 2 is 1.95 bits per heavy atom. The molecule has 1 aliphatic rings. The van der Waals surface area contributed by atoms with Gasteiger partial charge >= 0.3 is 0 Å². The molecule has 2 rings (SSSR count). The predicted molar refractivity (Wildman–Crippen MR) is 80.0 cm³/mol. The van der Waals surface area contributed by atoms with Crippen molar-refractivity contribution >= 4 is 15.9 Å². The lowest BCUT2D eigenvalue weighted by Gasteiger charge is -2.27. The highest BCUT2D eigenvalue weighted by atomic mass is 79.9. The number of hydrogen-bond acceptors (Lipinski definition) is 3. The van der Waals surface area contributed by atoms with Crippen LogP contribution in [0.5, 0.6) is 0 Å². The second kappa shape index (κ2) is 6.37. The zero-order valence-corrected chi connectivity index (χ0v) is 13.5. The van der Waals surface area contributed by atoms with Crippen LogP contribution in [0.25, 0.3) is 0 Å². The van der Waals surface area contributed by atoms with E-state index in [0.29, 0.717) is 6.54 Å². The summed E-state index contributed by atoms with van der Waals surface area (Å²) < 4.78 is 2.96. The lowest BCUT2D eigenvalue weighted by Crippen LogP contribution is -2.40. The maximum Gasteiger partial charge on any atom is 0.0771 e. The van der Waals surface area contributed by atoms with Gasteiger partial charge in [-0.15, -0.1) is 0 Å². The van der Waals surface area contributed by atoms with E-state index in [9.17, 15) is 5.11 Å². The summed E-state index contributed by atoms with van der Waals surface area (Å²) in [4.78, 5) is 0. The van der Waals surface area contributed by atoms with Crippen LogP contribution in [0, 0.1) is 6.92 Å². The third kappa shape index (κ3) is 3.80. The molecule has 0 radical (unpaired) electrons. The van der Waals surface area contributed by atoms with Crippen molar-refractivity contribution in [3.8, 4) is 0 Å². The second-order valence-corrected chi connectivity index (χ2v) is 6.50. The van der Waals surface area contributed by atoms with E-state index in [-0.39, 0.29) is 0 Å². The number of rotatable bonds is 4. The first-order valence-electron chi connectivity index (χ1n) is 7.13. The Hall–Kier alpha value is -0.390. The van der Waals surface area contributed by atoms with Gasteiger partial charge in [0.15, 0.2) is 0 Å². The molecule has 1 fully saturated rings. The molecule has 0 amide bonds. The third-order valence-corrected chi connectivity index (χ3v) is 5.07. The van der Waals surface area contributed by atoms with Gasteiger partial charge in [-0.1, -0.05) is 25.7 Å². The lowest BCUT2D eigenvalue weighted by atomic mass is 9.94. The van der Waals surface area contributed by atoms with Crippen molar-refractivity contribution < 1.29 is 5.11 Å². The van der Waals surface area contributed by atoms with E-state index < -0.39 is 5.60 Å². The number of aromatic nitrogens is 2. The van der Waals surface area contributed by atoms with Crippen molar-refractivity contribution in [2.75, 3.05) is 6.54 Å². The van der Waals surface area contributed by atoms with Crippen molar-refractivity contribution in [3.63, 3.8) is 0 Å². The zero-order chi connectivity index (χ0) is 13.9. The van der Waals surface area contributed by atoms with Crippen LogP contribution in [0.2, 0.25) is 0 Å². The third-order valence-electron chi connectivity index (χ3n) is 4.04. The zero-order valence-electron chi connectivity index (χ0n) is 11.9. The molecule has 108 valence electrons. The lowest BCUT2D eigenvalue weighted by molar-refractivity contribution is 0.0249. The van der Waals surface area contributed by atoms with Gasteiger partial charge in [-0.2, -0.15) is 5.10 Å². The quantitative estimate of drug-likeness (QED) is 0.835. The SMILES string of the molecule is Cc1nn(C)c(CNCC2(O)CCCCCC2)c1Br. The fourth-order valence-corrected chi connectivity index (χ4v) is 3.33. The Bertz CT molecular complexity index is 423. The fourth-order valence-electron chi connectivity index (χ4n) is 2.85. The molecule has 1 saturated carbocycles. The highest BCUT2D eigenvalue weighted by molar-refractivity contribution is 9.10. The van der Waals surface area contributed by atoms with E-state index in [0.717, 1.165) is 48.1 Å². The van der Waals surface area contributed by atoms with Gasteiger partial charge in [0.2, 0.25) is 0 Å². The van der Waals surface area contributed by atoms with Crippen molar-refractivity contribution in [1.29, 1.82) is 0 Å². The number of halogens is 1. The molecule has 1 heterocycles. The Balaban J connectivity index is 1.88. The van der Waals surface area contributed by atoms with Gasteiger partial charge in [0, 0.05) is 20.1 Å². The smallest absolute Gasteiger partial charge is 0.0771 e. The van der Waals surface area contributed by atoms with Gasteiger partial charge in [0.1, 0.15) is 0 Å². The average Bonchev–Trinajstić information content (AvgIpc) is 2.56. The number of aryl methyl sites for hydroxylation is 2. The van der Waals surface area contributed by atoms with Crippen LogP contribution in [0.1, 0.15) is 49.9 Å². The minimum Gasteiger partial charge on any atom is -0.389 e. The number of hydrogen-bond donors (Lipinski definition) is 2. The fraction of sp³-hybridized carbons (Fsp3) is 0.786. The Kier molecular flexibility index (Phi) is 5.03. The van der Waals surface area contributed by atoms with Crippen LogP contribution in [-0.2, 0) is 13.6 Å². The molecule has 0 unspecified atom stereocenters. The van der Waals surface area contributed by atoms with E-state index >= 15 is 0 Å². The summed E-state index contributed by atoms with van der Waals surface area (Å²) >= 11 is 3.57. The van der Waals surface area contributed by atoms with Crippen LogP contribution >= 0.6 is 15.9 Å². The molecule has 0 aliphatic heterocycles. The molecule has 0 atom stereocenters. The molecule has 1 aliphatic carbocycles. The first-order valence-corrected chi connectivity index (χ1v) is 7.92. The van der Waals surface area contributed by atoms with Crippen molar-refractivity contribution in [1.82, 2.24) is 15.1 Å². The van der Waals surface area contributed by atoms with Gasteiger partial charge in [-0.25, -0.2) is 0 Å². The Morgan fingerprint density at radius 1 is 1.32 bits per heavy atom. The Labute approximate surface area is 123 Å². The summed E-state index contributed by atoms with van der Waals surface area (Å²) in [5.74, 6) is 0. The highest BCUT2D eigenvalue weighted by Gasteiger charge is 2.27. The molecule has 0 spiro atoms. The molecule has 4 nitrogen and oxygen atoms in total. The maximum atomic E-state index is 10.6. The summed E-state index contributed by atoms with van der Waals surface area (Å²) in [7, 11) is 1.95. The van der Waals surface area contributed by atoms with Crippen LogP contribution < -0.4 is 5.32 Å². The second-order valence-electron chi connectivity index (χ2n) is 5.71. The van der Waals surface area contributed by atoms with Gasteiger partial charge in [-0.05, 0) is 35.7 Å². The highest BCUT2D eigenvalue weighted by Crippen LogP contribution is 2.26. The first kappa shape index (κ1) is 15.0. The molecule has 1 aromatic heterocycles. The summed E-state index contributed by atoms with van der Waals surface area (Å²) in [6.07, 6.45) is 6.65. The Morgan fingerprint density at radius 3 is 2.47 bits per heavy atom. The van der Waals surface area contributed by atoms with Gasteiger partial charge < -0.3 is 10.4 Å². The number of nitrogens with zero attached hydrogens (tertiary/aromatic N) is 2. The van der Waals surface area contributed by atoms with Crippen LogP contribution in [0.15, 0.2) is 4.47 Å². The van der Waals surface area contributed by atoms with Crippen LogP contribution in [0.3, 0.4) is 0 Å². The number of nitrogens with one attached hydrogen (secondary N) is 1. The molecule has 0 aromatic carbocycles. The molecular formula is C14H24BrN3O. The van der Waals surface area contributed by atoms with Crippen molar-refractivity contribution in [2.24, 2.45) is 7.05 Å². The van der Waals surface area contributed by atoms with E-state index in [1.54, 1.807) is 0 Å². The van der Waals surface area contributed by atoms with Gasteiger partial charge in [0.05, 0.1) is 21.5 Å². The van der Waals surface area contributed by atoms with Gasteiger partial charge in [-0.3, -0.25) is 4.68 Å². The van der Waals surface area contributed by atoms with E-state index in [1.165, 1.54) is 12.8 Å². The van der Waals surface area contributed by atoms with Crippen molar-refractivity contribution in [2.45, 2.75) is 57.6 Å². The van der Waals surface area contributed by atoms with E-state index in [4.69, 9.17) is 0 Å². The van der Waals surface area contributed by atoms with Crippen LogP contribution in [-0.4, -0.2) is 27.0 Å². The summed E-state index contributed by atoms with van der Waals surface area (Å²) in [6.45, 7) is 3.40. The minimum atomic E-state index is -0.517. The number of aliphatic hydroxyl groups is 1. The molecule has 0 bridgehead atoms. The minimum absolute atomic E-state index is 0.517. The molecule has 19 heavy (non-hydrogen) atoms. The topological polar surface area (TPSA) is 50.1 Å². The molecule has 5 heteroatoms. The maximum absolute atomic E-state index is 10.6. The van der Waals surface area contributed by atoms with Crippen molar-refractivity contribution in [3.05, 3.63) is 15.9 Å². The molecule has 0 saturated heterocycles. The van der Waals surface area contributed by atoms with E-state index in [2.05, 4.69) is 26.3 Å². The summed E-state index contributed by atoms with van der Waals surface area (Å²) in [5.41, 5.74) is 1.62. The first-order chi connectivity index (χ1) is 9.02. The summed E-state index contributed by atoms with van der Waals surface area (Å²) in [6, 6.07) is 0. The van der Waals surface area contributed by atoms with Crippen LogP contribution in [0.4, 0.5) is 0 Å². The monoisotopic (exact) mass is 329 g/mol. The predicted octanol–water partition coefficient (Wildman–Crippen LogP) is 2.67. The standard InChI is InChI=1S/C14H24BrN3O/c1-11-13(15)12(18(2)17-11)9-16-10-14(19)7-5-3-4-6-8-14/h16,19H,3-10H2,1-2H3. The van der Waals surface area contributed by atoms with E-state index in [1.807, 2.05) is 18.7 Å². The largest absolute Gasteiger partial charge is 0.389 e. The average molecular weight is 330 g/mol. The van der Waals surface area contributed by atoms with Gasteiger partial charge in [0.25, 0.3) is 0 Å².